The second kappa shape index (κ2) is 12.2. The van der Waals surface area contributed by atoms with Crippen LogP contribution in [0.5, 0.6) is 0 Å². The van der Waals surface area contributed by atoms with Crippen molar-refractivity contribution < 1.29 is 0 Å². The Labute approximate surface area is 259 Å². The van der Waals surface area contributed by atoms with Gasteiger partial charge in [0.25, 0.3) is 0 Å². The summed E-state index contributed by atoms with van der Waals surface area (Å²) in [4.78, 5) is 0. The molecule has 0 amide bonds. The molecule has 0 fully saturated rings. The van der Waals surface area contributed by atoms with Crippen molar-refractivity contribution in [2.75, 3.05) is 0 Å². The highest BCUT2D eigenvalue weighted by Crippen LogP contribution is 2.33. The van der Waals surface area contributed by atoms with Crippen LogP contribution in [0.3, 0.4) is 0 Å². The number of nitrogens with one attached hydrogen (secondary N) is 1. The number of hydrogen-bond donors (Lipinski definition) is 1. The van der Waals surface area contributed by atoms with Gasteiger partial charge < -0.3 is 5.41 Å². The highest BCUT2D eigenvalue weighted by Gasteiger charge is 2.08. The zero-order valence-electron chi connectivity index (χ0n) is 24.3. The Bertz CT molecular complexity index is 2070. The highest BCUT2D eigenvalue weighted by molar-refractivity contribution is 5.82. The van der Waals surface area contributed by atoms with Crippen LogP contribution in [0.15, 0.2) is 176 Å². The molecule has 0 aliphatic rings. The van der Waals surface area contributed by atoms with E-state index in [1.54, 1.807) is 0 Å². The van der Waals surface area contributed by atoms with Crippen molar-refractivity contribution in [3.8, 4) is 66.8 Å². The van der Waals surface area contributed by atoms with Gasteiger partial charge in [-0.25, -0.2) is 0 Å². The molecule has 7 rings (SSSR count). The summed E-state index contributed by atoms with van der Waals surface area (Å²) < 4.78 is 0. The standard InChI is InChI=1S/C43H31N/c44-30-31-21-23-33(24-22-31)35-12-5-14-37(26-35)39-16-7-18-41(28-39)43-20-8-19-42(29-43)40-17-6-15-38(27-40)36-13-4-11-34(25-36)32-9-2-1-3-10-32/h1-30,44H. The Hall–Kier alpha value is -5.79. The van der Waals surface area contributed by atoms with Gasteiger partial charge in [-0.3, -0.25) is 0 Å². The van der Waals surface area contributed by atoms with E-state index >= 15 is 0 Å². The van der Waals surface area contributed by atoms with Crippen molar-refractivity contribution in [1.82, 2.24) is 0 Å². The minimum atomic E-state index is 0.906. The summed E-state index contributed by atoms with van der Waals surface area (Å²) in [6, 6.07) is 62.6. The van der Waals surface area contributed by atoms with Gasteiger partial charge in [0.1, 0.15) is 0 Å². The van der Waals surface area contributed by atoms with Crippen LogP contribution in [-0.4, -0.2) is 6.21 Å². The Morgan fingerprint density at radius 3 is 0.795 bits per heavy atom. The molecule has 0 aliphatic heterocycles. The normalized spacial score (nSPS) is 10.8. The number of benzene rings is 7. The minimum absolute atomic E-state index is 0.906. The summed E-state index contributed by atoms with van der Waals surface area (Å²) in [5.74, 6) is 0. The van der Waals surface area contributed by atoms with Crippen LogP contribution < -0.4 is 0 Å². The Kier molecular flexibility index (Phi) is 7.51. The number of rotatable bonds is 7. The third kappa shape index (κ3) is 5.77. The van der Waals surface area contributed by atoms with Crippen molar-refractivity contribution in [1.29, 1.82) is 5.41 Å². The highest BCUT2D eigenvalue weighted by atomic mass is 14.3. The molecule has 0 saturated carbocycles. The zero-order chi connectivity index (χ0) is 29.7. The largest absolute Gasteiger partial charge is 0.308 e. The van der Waals surface area contributed by atoms with Crippen molar-refractivity contribution >= 4 is 6.21 Å². The maximum atomic E-state index is 7.47. The first-order valence-corrected chi connectivity index (χ1v) is 14.9. The summed E-state index contributed by atoms with van der Waals surface area (Å²) in [7, 11) is 0. The molecular formula is C43H31N. The molecule has 0 atom stereocenters. The average molecular weight is 562 g/mol. The zero-order valence-corrected chi connectivity index (χ0v) is 24.3. The first-order chi connectivity index (χ1) is 21.7. The molecule has 7 aromatic rings. The van der Waals surface area contributed by atoms with Crippen molar-refractivity contribution in [3.05, 3.63) is 181 Å². The van der Waals surface area contributed by atoms with E-state index in [-0.39, 0.29) is 0 Å². The van der Waals surface area contributed by atoms with Gasteiger partial charge in [-0.05, 0) is 103 Å². The predicted molar refractivity (Wildman–Crippen MR) is 187 cm³/mol. The molecule has 7 aromatic carbocycles. The number of hydrogen-bond acceptors (Lipinski definition) is 1. The molecule has 0 unspecified atom stereocenters. The lowest BCUT2D eigenvalue weighted by atomic mass is 9.93. The van der Waals surface area contributed by atoms with E-state index < -0.39 is 0 Å². The molecule has 1 heteroatoms. The van der Waals surface area contributed by atoms with Crippen molar-refractivity contribution in [2.45, 2.75) is 0 Å². The maximum Gasteiger partial charge on any atom is 0.0250 e. The molecule has 0 radical (unpaired) electrons. The van der Waals surface area contributed by atoms with Crippen molar-refractivity contribution in [3.63, 3.8) is 0 Å². The molecule has 1 nitrogen and oxygen atoms in total. The van der Waals surface area contributed by atoms with Crippen LogP contribution >= 0.6 is 0 Å². The van der Waals surface area contributed by atoms with E-state index in [1.165, 1.54) is 67.4 Å². The molecular weight excluding hydrogens is 530 g/mol. The van der Waals surface area contributed by atoms with Gasteiger partial charge in [0.15, 0.2) is 0 Å². The first-order valence-electron chi connectivity index (χ1n) is 14.9. The fourth-order valence-electron chi connectivity index (χ4n) is 5.79. The van der Waals surface area contributed by atoms with E-state index in [9.17, 15) is 0 Å². The quantitative estimate of drug-likeness (QED) is 0.187. The molecule has 0 saturated heterocycles. The molecule has 0 aromatic heterocycles. The van der Waals surface area contributed by atoms with E-state index in [0.717, 1.165) is 11.1 Å². The summed E-state index contributed by atoms with van der Waals surface area (Å²) in [5.41, 5.74) is 15.2. The van der Waals surface area contributed by atoms with E-state index in [0.29, 0.717) is 0 Å². The lowest BCUT2D eigenvalue weighted by Gasteiger charge is -2.11. The third-order valence-corrected chi connectivity index (χ3v) is 8.16. The van der Waals surface area contributed by atoms with Crippen LogP contribution in [0.2, 0.25) is 0 Å². The topological polar surface area (TPSA) is 23.9 Å². The minimum Gasteiger partial charge on any atom is -0.308 e. The second-order valence-electron chi connectivity index (χ2n) is 11.0. The summed E-state index contributed by atoms with van der Waals surface area (Å²) >= 11 is 0. The van der Waals surface area contributed by atoms with E-state index in [2.05, 4.69) is 164 Å². The average Bonchev–Trinajstić information content (AvgIpc) is 3.12. The van der Waals surface area contributed by atoms with E-state index in [4.69, 9.17) is 5.41 Å². The third-order valence-electron chi connectivity index (χ3n) is 8.16. The Morgan fingerprint density at radius 2 is 0.500 bits per heavy atom. The Balaban J connectivity index is 1.18. The first kappa shape index (κ1) is 27.1. The van der Waals surface area contributed by atoms with Gasteiger partial charge in [0.05, 0.1) is 0 Å². The fraction of sp³-hybridized carbons (Fsp3) is 0. The van der Waals surface area contributed by atoms with Crippen LogP contribution in [-0.2, 0) is 0 Å². The smallest absolute Gasteiger partial charge is 0.0250 e. The molecule has 44 heavy (non-hydrogen) atoms. The van der Waals surface area contributed by atoms with Gasteiger partial charge in [0, 0.05) is 6.21 Å². The van der Waals surface area contributed by atoms with Gasteiger partial charge in [-0.15, -0.1) is 0 Å². The second-order valence-corrected chi connectivity index (χ2v) is 11.0. The van der Waals surface area contributed by atoms with E-state index in [1.807, 2.05) is 12.1 Å². The lowest BCUT2D eigenvalue weighted by Crippen LogP contribution is -1.86. The van der Waals surface area contributed by atoms with Gasteiger partial charge in [0.2, 0.25) is 0 Å². The maximum absolute atomic E-state index is 7.47. The fourth-order valence-corrected chi connectivity index (χ4v) is 5.79. The van der Waals surface area contributed by atoms with Gasteiger partial charge in [-0.2, -0.15) is 0 Å². The molecule has 0 bridgehead atoms. The van der Waals surface area contributed by atoms with Gasteiger partial charge in [-0.1, -0.05) is 146 Å². The SMILES string of the molecule is N=Cc1ccc(-c2cccc(-c3cccc(-c4cccc(-c5cccc(-c6cccc(-c7ccccc7)c6)c5)c4)c3)c2)cc1. The Morgan fingerprint density at radius 1 is 0.250 bits per heavy atom. The molecule has 1 N–H and O–H groups in total. The van der Waals surface area contributed by atoms with Crippen molar-refractivity contribution in [2.24, 2.45) is 0 Å². The predicted octanol–water partition coefficient (Wildman–Crippen LogP) is 11.7. The summed E-state index contributed by atoms with van der Waals surface area (Å²) in [5, 5.41) is 7.47. The monoisotopic (exact) mass is 561 g/mol. The van der Waals surface area contributed by atoms with Crippen LogP contribution in [0.4, 0.5) is 0 Å². The van der Waals surface area contributed by atoms with Gasteiger partial charge >= 0.3 is 0 Å². The summed E-state index contributed by atoms with van der Waals surface area (Å²) in [6.07, 6.45) is 1.38. The van der Waals surface area contributed by atoms with Crippen LogP contribution in [0.25, 0.3) is 66.8 Å². The molecule has 208 valence electrons. The molecule has 0 spiro atoms. The summed E-state index contributed by atoms with van der Waals surface area (Å²) in [6.45, 7) is 0. The molecule has 0 aliphatic carbocycles. The molecule has 0 heterocycles. The lowest BCUT2D eigenvalue weighted by molar-refractivity contribution is 1.53. The van der Waals surface area contributed by atoms with Crippen LogP contribution in [0.1, 0.15) is 5.56 Å². The van der Waals surface area contributed by atoms with Crippen LogP contribution in [0, 0.1) is 5.41 Å².